The number of aryl methyl sites for hydroxylation is 1. The Hall–Kier alpha value is -2.71. The van der Waals surface area contributed by atoms with E-state index in [9.17, 15) is 4.79 Å². The summed E-state index contributed by atoms with van der Waals surface area (Å²) in [4.78, 5) is 26.4. The summed E-state index contributed by atoms with van der Waals surface area (Å²) in [7, 11) is 3.68. The van der Waals surface area contributed by atoms with Crippen molar-refractivity contribution in [2.24, 2.45) is 0 Å². The van der Waals surface area contributed by atoms with Crippen LogP contribution in [-0.2, 0) is 6.54 Å². The van der Waals surface area contributed by atoms with Gasteiger partial charge in [0.25, 0.3) is 5.56 Å². The number of hydrogen-bond acceptors (Lipinski definition) is 8. The molecule has 0 unspecified atom stereocenters. The van der Waals surface area contributed by atoms with Gasteiger partial charge in [-0.3, -0.25) is 4.79 Å². The van der Waals surface area contributed by atoms with Crippen LogP contribution in [0.3, 0.4) is 0 Å². The predicted molar refractivity (Wildman–Crippen MR) is 96.4 cm³/mol. The van der Waals surface area contributed by atoms with Crippen LogP contribution in [0.4, 0.5) is 11.9 Å². The number of nitrogens with one attached hydrogen (secondary N) is 1. The van der Waals surface area contributed by atoms with Crippen molar-refractivity contribution in [1.82, 2.24) is 24.7 Å². The number of anilines is 2. The summed E-state index contributed by atoms with van der Waals surface area (Å²) in [6.07, 6.45) is 2.89. The highest BCUT2D eigenvalue weighted by atomic mass is 16.5. The first-order valence-corrected chi connectivity index (χ1v) is 8.46. The Morgan fingerprint density at radius 3 is 2.64 bits per heavy atom. The molecule has 2 aromatic heterocycles. The van der Waals surface area contributed by atoms with Gasteiger partial charge in [0, 0.05) is 39.3 Å². The maximum absolute atomic E-state index is 11.7. The van der Waals surface area contributed by atoms with Crippen molar-refractivity contribution < 1.29 is 4.74 Å². The number of nitrogens with zero attached hydrogens (tertiary/aromatic N) is 6. The second-order valence-corrected chi connectivity index (χ2v) is 5.75. The second kappa shape index (κ2) is 8.95. The van der Waals surface area contributed by atoms with Crippen molar-refractivity contribution in [2.75, 3.05) is 30.9 Å². The number of aromatic nitrogens is 5. The topological polar surface area (TPSA) is 98.1 Å². The maximum atomic E-state index is 11.7. The first kappa shape index (κ1) is 18.6. The maximum Gasteiger partial charge on any atom is 0.330 e. The molecule has 2 rings (SSSR count). The summed E-state index contributed by atoms with van der Waals surface area (Å²) < 4.78 is 7.02. The van der Waals surface area contributed by atoms with Crippen LogP contribution in [0.5, 0.6) is 11.9 Å². The van der Waals surface area contributed by atoms with Gasteiger partial charge in [0.05, 0.1) is 0 Å². The van der Waals surface area contributed by atoms with Crippen LogP contribution in [0.25, 0.3) is 0 Å². The highest BCUT2D eigenvalue weighted by Crippen LogP contribution is 2.18. The largest absolute Gasteiger partial charge is 0.403 e. The lowest BCUT2D eigenvalue weighted by atomic mass is 10.3. The molecule has 25 heavy (non-hydrogen) atoms. The molecule has 0 atom stereocenters. The smallest absolute Gasteiger partial charge is 0.330 e. The molecule has 2 heterocycles. The Morgan fingerprint density at radius 1 is 1.16 bits per heavy atom. The lowest BCUT2D eigenvalue weighted by Gasteiger charge is -2.13. The first-order chi connectivity index (χ1) is 12.0. The van der Waals surface area contributed by atoms with Gasteiger partial charge in [0.15, 0.2) is 0 Å². The Bertz CT molecular complexity index is 746. The molecule has 9 heteroatoms. The fourth-order valence-electron chi connectivity index (χ4n) is 2.00. The monoisotopic (exact) mass is 347 g/mol. The molecule has 0 aromatic carbocycles. The second-order valence-electron chi connectivity index (χ2n) is 5.75. The standard InChI is InChI=1S/C16H25N7O2/c1-5-7-10-17-14-18-15(22(3)4)20-16(19-14)25-12-8-9-13(24)23(21-12)11-6-2/h8-9H,5-7,10-11H2,1-4H3,(H,17,18,19,20). The van der Waals surface area contributed by atoms with E-state index >= 15 is 0 Å². The van der Waals surface area contributed by atoms with Gasteiger partial charge in [-0.05, 0) is 12.8 Å². The molecule has 0 saturated heterocycles. The number of rotatable bonds is 9. The van der Waals surface area contributed by atoms with E-state index in [-0.39, 0.29) is 17.4 Å². The fourth-order valence-corrected chi connectivity index (χ4v) is 2.00. The molecular weight excluding hydrogens is 322 g/mol. The lowest BCUT2D eigenvalue weighted by Crippen LogP contribution is -2.22. The van der Waals surface area contributed by atoms with Crippen molar-refractivity contribution in [1.29, 1.82) is 0 Å². The third kappa shape index (κ3) is 5.40. The average Bonchev–Trinajstić information content (AvgIpc) is 2.58. The summed E-state index contributed by atoms with van der Waals surface area (Å²) in [6.45, 7) is 5.39. The van der Waals surface area contributed by atoms with Crippen LogP contribution < -0.4 is 20.5 Å². The quantitative estimate of drug-likeness (QED) is 0.687. The predicted octanol–water partition coefficient (Wildman–Crippen LogP) is 1.91. The summed E-state index contributed by atoms with van der Waals surface area (Å²) in [5, 5.41) is 7.35. The Kier molecular flexibility index (Phi) is 6.67. The Balaban J connectivity index is 2.25. The minimum absolute atomic E-state index is 0.131. The van der Waals surface area contributed by atoms with E-state index in [0.717, 1.165) is 25.8 Å². The molecule has 0 bridgehead atoms. The van der Waals surface area contributed by atoms with E-state index in [1.165, 1.54) is 16.8 Å². The zero-order valence-corrected chi connectivity index (χ0v) is 15.2. The molecule has 0 fully saturated rings. The molecule has 2 aromatic rings. The third-order valence-corrected chi connectivity index (χ3v) is 3.29. The van der Waals surface area contributed by atoms with Crippen molar-refractivity contribution in [3.05, 3.63) is 22.5 Å². The highest BCUT2D eigenvalue weighted by Gasteiger charge is 2.11. The molecule has 0 aliphatic heterocycles. The third-order valence-electron chi connectivity index (χ3n) is 3.29. The zero-order valence-electron chi connectivity index (χ0n) is 15.2. The summed E-state index contributed by atoms with van der Waals surface area (Å²) >= 11 is 0. The molecule has 0 aliphatic rings. The summed E-state index contributed by atoms with van der Waals surface area (Å²) in [5.74, 6) is 1.19. The Labute approximate surface area is 147 Å². The van der Waals surface area contributed by atoms with Gasteiger partial charge in [0.1, 0.15) is 0 Å². The minimum atomic E-state index is -0.166. The lowest BCUT2D eigenvalue weighted by molar-refractivity contribution is 0.398. The number of hydrogen-bond donors (Lipinski definition) is 1. The SMILES string of the molecule is CCCCNc1nc(Oc2ccc(=O)n(CCC)n2)nc(N(C)C)n1. The van der Waals surface area contributed by atoms with Crippen LogP contribution in [0, 0.1) is 0 Å². The molecule has 9 nitrogen and oxygen atoms in total. The highest BCUT2D eigenvalue weighted by molar-refractivity contribution is 5.37. The van der Waals surface area contributed by atoms with E-state index in [1.807, 2.05) is 21.0 Å². The number of unbranched alkanes of at least 4 members (excludes halogenated alkanes) is 1. The van der Waals surface area contributed by atoms with E-state index in [0.29, 0.717) is 18.4 Å². The van der Waals surface area contributed by atoms with Crippen molar-refractivity contribution in [2.45, 2.75) is 39.7 Å². The van der Waals surface area contributed by atoms with Gasteiger partial charge in [-0.15, -0.1) is 5.10 Å². The summed E-state index contributed by atoms with van der Waals surface area (Å²) in [6, 6.07) is 3.07. The van der Waals surface area contributed by atoms with E-state index in [4.69, 9.17) is 4.74 Å². The molecule has 1 N–H and O–H groups in total. The van der Waals surface area contributed by atoms with Crippen LogP contribution in [-0.4, -0.2) is 45.4 Å². The van der Waals surface area contributed by atoms with Gasteiger partial charge < -0.3 is 15.0 Å². The van der Waals surface area contributed by atoms with Gasteiger partial charge >= 0.3 is 6.01 Å². The molecule has 0 saturated carbocycles. The van der Waals surface area contributed by atoms with Crippen LogP contribution in [0.1, 0.15) is 33.1 Å². The van der Waals surface area contributed by atoms with E-state index < -0.39 is 0 Å². The van der Waals surface area contributed by atoms with Gasteiger partial charge in [-0.2, -0.15) is 15.0 Å². The molecule has 136 valence electrons. The average molecular weight is 347 g/mol. The van der Waals surface area contributed by atoms with Crippen LogP contribution >= 0.6 is 0 Å². The van der Waals surface area contributed by atoms with Gasteiger partial charge in [-0.1, -0.05) is 20.3 Å². The van der Waals surface area contributed by atoms with Crippen LogP contribution in [0.15, 0.2) is 16.9 Å². The van der Waals surface area contributed by atoms with Crippen molar-refractivity contribution in [3.63, 3.8) is 0 Å². The van der Waals surface area contributed by atoms with Crippen molar-refractivity contribution in [3.8, 4) is 11.9 Å². The van der Waals surface area contributed by atoms with Crippen LogP contribution in [0.2, 0.25) is 0 Å². The molecule has 0 radical (unpaired) electrons. The molecular formula is C16H25N7O2. The zero-order chi connectivity index (χ0) is 18.2. The summed E-state index contributed by atoms with van der Waals surface area (Å²) in [5.41, 5.74) is -0.166. The van der Waals surface area contributed by atoms with E-state index in [2.05, 4.69) is 32.3 Å². The first-order valence-electron chi connectivity index (χ1n) is 8.46. The van der Waals surface area contributed by atoms with E-state index in [1.54, 1.807) is 4.90 Å². The number of ether oxygens (including phenoxy) is 1. The Morgan fingerprint density at radius 2 is 1.96 bits per heavy atom. The molecule has 0 amide bonds. The molecule has 0 spiro atoms. The van der Waals surface area contributed by atoms with Crippen molar-refractivity contribution >= 4 is 11.9 Å². The fraction of sp³-hybridized carbons (Fsp3) is 0.562. The van der Waals surface area contributed by atoms with Gasteiger partial charge in [-0.25, -0.2) is 4.68 Å². The minimum Gasteiger partial charge on any atom is -0.403 e. The van der Waals surface area contributed by atoms with Gasteiger partial charge in [0.2, 0.25) is 17.8 Å². The molecule has 0 aliphatic carbocycles. The normalized spacial score (nSPS) is 10.6.